The van der Waals surface area contributed by atoms with Gasteiger partial charge in [-0.2, -0.15) is 4.31 Å². The van der Waals surface area contributed by atoms with Gasteiger partial charge in [0.2, 0.25) is 15.9 Å². The van der Waals surface area contributed by atoms with Crippen LogP contribution < -0.4 is 5.32 Å². The standard InChI is InChI=1S/C22H32N2O3S/c1-16-4-2-7-20(14-16)23-22(25)18-10-12-24(13-11-18)28(26,27)21-9-8-17-5-3-6-19(17)15-21/h8-9,15-16,18,20H,2-7,10-14H2,1H3,(H,23,25). The van der Waals surface area contributed by atoms with E-state index in [1.165, 1.54) is 24.0 Å². The number of piperidine rings is 1. The predicted molar refractivity (Wildman–Crippen MR) is 110 cm³/mol. The highest BCUT2D eigenvalue weighted by Crippen LogP contribution is 2.29. The van der Waals surface area contributed by atoms with Crippen molar-refractivity contribution in [2.24, 2.45) is 11.8 Å². The number of rotatable bonds is 4. The fourth-order valence-electron chi connectivity index (χ4n) is 5.10. The molecule has 6 heteroatoms. The second-order valence-corrected chi connectivity index (χ2v) is 10.9. The van der Waals surface area contributed by atoms with Gasteiger partial charge in [0, 0.05) is 25.0 Å². The number of fused-ring (bicyclic) bond motifs is 1. The van der Waals surface area contributed by atoms with Gasteiger partial charge in [0.1, 0.15) is 0 Å². The smallest absolute Gasteiger partial charge is 0.243 e. The van der Waals surface area contributed by atoms with Crippen LogP contribution in [-0.4, -0.2) is 37.8 Å². The second-order valence-electron chi connectivity index (χ2n) is 8.94. The average Bonchev–Trinajstić information content (AvgIpc) is 3.16. The van der Waals surface area contributed by atoms with E-state index in [9.17, 15) is 13.2 Å². The Hall–Kier alpha value is -1.40. The molecule has 2 atom stereocenters. The first-order valence-electron chi connectivity index (χ1n) is 10.9. The zero-order chi connectivity index (χ0) is 19.7. The van der Waals surface area contributed by atoms with Crippen LogP contribution in [0.1, 0.15) is 63.0 Å². The summed E-state index contributed by atoms with van der Waals surface area (Å²) >= 11 is 0. The maximum Gasteiger partial charge on any atom is 0.243 e. The van der Waals surface area contributed by atoms with Crippen LogP contribution in [0.2, 0.25) is 0 Å². The van der Waals surface area contributed by atoms with E-state index in [0.717, 1.165) is 32.1 Å². The van der Waals surface area contributed by atoms with E-state index in [4.69, 9.17) is 0 Å². The van der Waals surface area contributed by atoms with Crippen LogP contribution in [0.3, 0.4) is 0 Å². The van der Waals surface area contributed by atoms with Gasteiger partial charge in [-0.3, -0.25) is 4.79 Å². The largest absolute Gasteiger partial charge is 0.353 e. The fraction of sp³-hybridized carbons (Fsp3) is 0.682. The van der Waals surface area contributed by atoms with Gasteiger partial charge in [-0.25, -0.2) is 8.42 Å². The average molecular weight is 405 g/mol. The summed E-state index contributed by atoms with van der Waals surface area (Å²) in [5.74, 6) is 0.732. The Morgan fingerprint density at radius 3 is 2.54 bits per heavy atom. The van der Waals surface area contributed by atoms with Crippen molar-refractivity contribution in [3.8, 4) is 0 Å². The van der Waals surface area contributed by atoms with Gasteiger partial charge >= 0.3 is 0 Å². The normalized spacial score (nSPS) is 26.8. The van der Waals surface area contributed by atoms with Crippen molar-refractivity contribution < 1.29 is 13.2 Å². The molecule has 1 saturated heterocycles. The van der Waals surface area contributed by atoms with E-state index in [2.05, 4.69) is 12.2 Å². The lowest BCUT2D eigenvalue weighted by Gasteiger charge is -2.33. The fourth-order valence-corrected chi connectivity index (χ4v) is 6.62. The summed E-state index contributed by atoms with van der Waals surface area (Å²) in [4.78, 5) is 13.1. The Bertz CT molecular complexity index is 828. The summed E-state index contributed by atoms with van der Waals surface area (Å²) in [5, 5.41) is 3.23. The Labute approximate surface area is 168 Å². The highest BCUT2D eigenvalue weighted by Gasteiger charge is 2.33. The van der Waals surface area contributed by atoms with E-state index >= 15 is 0 Å². The summed E-state index contributed by atoms with van der Waals surface area (Å²) in [6.07, 6.45) is 8.93. The molecular formula is C22H32N2O3S. The minimum atomic E-state index is -3.47. The number of benzene rings is 1. The van der Waals surface area contributed by atoms with Crippen molar-refractivity contribution in [2.45, 2.75) is 75.6 Å². The first kappa shape index (κ1) is 19.9. The molecule has 0 bridgehead atoms. The molecule has 2 fully saturated rings. The Kier molecular flexibility index (Phi) is 5.79. The summed E-state index contributed by atoms with van der Waals surface area (Å²) in [7, 11) is -3.47. The Morgan fingerprint density at radius 2 is 1.79 bits per heavy atom. The number of aryl methyl sites for hydroxylation is 2. The van der Waals surface area contributed by atoms with Crippen LogP contribution in [0.4, 0.5) is 0 Å². The van der Waals surface area contributed by atoms with Crippen LogP contribution in [0.5, 0.6) is 0 Å². The van der Waals surface area contributed by atoms with Crippen molar-refractivity contribution in [1.29, 1.82) is 0 Å². The molecule has 5 nitrogen and oxygen atoms in total. The maximum atomic E-state index is 13.0. The molecule has 1 saturated carbocycles. The van der Waals surface area contributed by atoms with Crippen LogP contribution >= 0.6 is 0 Å². The minimum absolute atomic E-state index is 0.0660. The van der Waals surface area contributed by atoms with Crippen molar-refractivity contribution >= 4 is 15.9 Å². The molecule has 1 heterocycles. The van der Waals surface area contributed by atoms with Crippen LogP contribution in [0, 0.1) is 11.8 Å². The van der Waals surface area contributed by atoms with Gasteiger partial charge in [-0.1, -0.05) is 25.8 Å². The molecule has 1 aromatic rings. The van der Waals surface area contributed by atoms with Gasteiger partial charge in [0.15, 0.2) is 0 Å². The lowest BCUT2D eigenvalue weighted by atomic mass is 9.86. The van der Waals surface area contributed by atoms with Crippen molar-refractivity contribution in [3.05, 3.63) is 29.3 Å². The summed E-state index contributed by atoms with van der Waals surface area (Å²) < 4.78 is 27.6. The van der Waals surface area contributed by atoms with Crippen molar-refractivity contribution in [2.75, 3.05) is 13.1 Å². The molecule has 0 aromatic heterocycles. The molecule has 1 N–H and O–H groups in total. The van der Waals surface area contributed by atoms with Crippen LogP contribution in [-0.2, 0) is 27.7 Å². The number of amides is 1. The molecule has 3 aliphatic rings. The number of hydrogen-bond donors (Lipinski definition) is 1. The zero-order valence-corrected chi connectivity index (χ0v) is 17.6. The maximum absolute atomic E-state index is 13.0. The van der Waals surface area contributed by atoms with Crippen LogP contribution in [0.25, 0.3) is 0 Å². The summed E-state index contributed by atoms with van der Waals surface area (Å²) in [5.41, 5.74) is 2.46. The molecule has 0 radical (unpaired) electrons. The molecule has 2 aliphatic carbocycles. The highest BCUT2D eigenvalue weighted by atomic mass is 32.2. The molecular weight excluding hydrogens is 372 g/mol. The third-order valence-corrected chi connectivity index (χ3v) is 8.71. The number of sulfonamides is 1. The molecule has 1 amide bonds. The number of carbonyl (C=O) groups is 1. The van der Waals surface area contributed by atoms with Gasteiger partial charge < -0.3 is 5.32 Å². The predicted octanol–water partition coefficient (Wildman–Crippen LogP) is 3.27. The molecule has 1 aliphatic heterocycles. The third kappa shape index (κ3) is 4.13. The second kappa shape index (κ2) is 8.15. The van der Waals surface area contributed by atoms with E-state index < -0.39 is 10.0 Å². The van der Waals surface area contributed by atoms with E-state index in [-0.39, 0.29) is 11.8 Å². The zero-order valence-electron chi connectivity index (χ0n) is 16.8. The SMILES string of the molecule is CC1CCCC(NC(=O)C2CCN(S(=O)(=O)c3ccc4c(c3)CCC4)CC2)C1. The van der Waals surface area contributed by atoms with Crippen LogP contribution in [0.15, 0.2) is 23.1 Å². The third-order valence-electron chi connectivity index (χ3n) is 6.82. The molecule has 4 rings (SSSR count). The lowest BCUT2D eigenvalue weighted by Crippen LogP contribution is -2.46. The van der Waals surface area contributed by atoms with Gasteiger partial charge in [-0.05, 0) is 74.1 Å². The van der Waals surface area contributed by atoms with Crippen molar-refractivity contribution in [1.82, 2.24) is 9.62 Å². The summed E-state index contributed by atoms with van der Waals surface area (Å²) in [6, 6.07) is 5.88. The number of hydrogen-bond acceptors (Lipinski definition) is 3. The Balaban J connectivity index is 1.35. The van der Waals surface area contributed by atoms with Gasteiger partial charge in [-0.15, -0.1) is 0 Å². The summed E-state index contributed by atoms with van der Waals surface area (Å²) in [6.45, 7) is 3.11. The first-order valence-corrected chi connectivity index (χ1v) is 12.3. The van der Waals surface area contributed by atoms with E-state index in [1.54, 1.807) is 10.4 Å². The monoisotopic (exact) mass is 404 g/mol. The topological polar surface area (TPSA) is 66.5 Å². The highest BCUT2D eigenvalue weighted by molar-refractivity contribution is 7.89. The Morgan fingerprint density at radius 1 is 1.04 bits per heavy atom. The molecule has 1 aromatic carbocycles. The number of nitrogens with one attached hydrogen (secondary N) is 1. The van der Waals surface area contributed by atoms with E-state index in [1.807, 2.05) is 12.1 Å². The molecule has 0 spiro atoms. The molecule has 2 unspecified atom stereocenters. The van der Waals surface area contributed by atoms with Crippen molar-refractivity contribution in [3.63, 3.8) is 0 Å². The molecule has 154 valence electrons. The quantitative estimate of drug-likeness (QED) is 0.838. The number of nitrogens with zero attached hydrogens (tertiary/aromatic N) is 1. The molecule has 28 heavy (non-hydrogen) atoms. The van der Waals surface area contributed by atoms with E-state index in [0.29, 0.717) is 42.8 Å². The van der Waals surface area contributed by atoms with Gasteiger partial charge in [0.05, 0.1) is 4.90 Å². The lowest BCUT2D eigenvalue weighted by molar-refractivity contribution is -0.127. The minimum Gasteiger partial charge on any atom is -0.353 e. The van der Waals surface area contributed by atoms with Gasteiger partial charge in [0.25, 0.3) is 0 Å². The number of carbonyl (C=O) groups excluding carboxylic acids is 1. The first-order chi connectivity index (χ1) is 13.4.